The Hall–Kier alpha value is -1.30. The minimum atomic E-state index is -0.748. The molecule has 0 radical (unpaired) electrons. The normalized spacial score (nSPS) is 23.7. The van der Waals surface area contributed by atoms with Gasteiger partial charge in [-0.3, -0.25) is 4.79 Å². The summed E-state index contributed by atoms with van der Waals surface area (Å²) in [7, 11) is 1.63. The van der Waals surface area contributed by atoms with E-state index in [9.17, 15) is 4.79 Å². The number of carbonyl (C=O) groups is 1. The zero-order chi connectivity index (χ0) is 19.9. The van der Waals surface area contributed by atoms with E-state index in [1.54, 1.807) is 25.3 Å². The molecule has 0 heterocycles. The van der Waals surface area contributed by atoms with Crippen LogP contribution in [-0.4, -0.2) is 37.9 Å². The number of carbonyl (C=O) groups excluding carboxylic acids is 1. The molecular weight excluding hydrogens is 366 g/mol. The van der Waals surface area contributed by atoms with Crippen LogP contribution < -0.4 is 10.1 Å². The molecule has 1 aliphatic rings. The molecule has 3 atom stereocenters. The summed E-state index contributed by atoms with van der Waals surface area (Å²) in [6.45, 7) is 7.21. The van der Waals surface area contributed by atoms with Gasteiger partial charge in [-0.1, -0.05) is 31.9 Å². The number of benzene rings is 1. The fourth-order valence-corrected chi connectivity index (χ4v) is 3.83. The summed E-state index contributed by atoms with van der Waals surface area (Å²) < 4.78 is 16.9. The minimum Gasteiger partial charge on any atom is -0.487 e. The molecule has 3 unspecified atom stereocenters. The van der Waals surface area contributed by atoms with Gasteiger partial charge >= 0.3 is 0 Å². The second-order valence-electron chi connectivity index (χ2n) is 7.53. The summed E-state index contributed by atoms with van der Waals surface area (Å²) in [6, 6.07) is 5.29. The Balaban J connectivity index is 2.09. The number of amides is 1. The van der Waals surface area contributed by atoms with Crippen LogP contribution in [-0.2, 0) is 14.3 Å². The first-order valence-electron chi connectivity index (χ1n) is 9.80. The maximum Gasteiger partial charge on any atom is 0.256 e. The van der Waals surface area contributed by atoms with Gasteiger partial charge < -0.3 is 19.5 Å². The van der Waals surface area contributed by atoms with Crippen molar-refractivity contribution in [1.82, 2.24) is 0 Å². The van der Waals surface area contributed by atoms with E-state index in [1.807, 2.05) is 6.92 Å². The number of halogens is 1. The molecule has 1 amide bonds. The van der Waals surface area contributed by atoms with Crippen LogP contribution in [0.5, 0.6) is 5.75 Å². The van der Waals surface area contributed by atoms with Crippen LogP contribution in [0.15, 0.2) is 18.2 Å². The number of nitrogens with one attached hydrogen (secondary N) is 1. The van der Waals surface area contributed by atoms with Gasteiger partial charge in [-0.15, -0.1) is 0 Å². The lowest BCUT2D eigenvalue weighted by atomic mass is 9.78. The van der Waals surface area contributed by atoms with Crippen molar-refractivity contribution >= 4 is 23.2 Å². The van der Waals surface area contributed by atoms with E-state index in [0.29, 0.717) is 35.6 Å². The first-order chi connectivity index (χ1) is 12.9. The van der Waals surface area contributed by atoms with E-state index in [2.05, 4.69) is 19.2 Å². The van der Waals surface area contributed by atoms with E-state index in [0.717, 1.165) is 32.1 Å². The lowest BCUT2D eigenvalue weighted by Gasteiger charge is -2.38. The zero-order valence-corrected chi connectivity index (χ0v) is 17.6. The van der Waals surface area contributed by atoms with Gasteiger partial charge in [-0.05, 0) is 56.7 Å². The highest BCUT2D eigenvalue weighted by Crippen LogP contribution is 2.37. The van der Waals surface area contributed by atoms with Crippen molar-refractivity contribution in [2.75, 3.05) is 25.6 Å². The molecule has 1 fully saturated rings. The van der Waals surface area contributed by atoms with Crippen molar-refractivity contribution in [3.05, 3.63) is 23.2 Å². The van der Waals surface area contributed by atoms with Crippen LogP contribution in [0.4, 0.5) is 5.69 Å². The van der Waals surface area contributed by atoms with Gasteiger partial charge in [0.1, 0.15) is 17.5 Å². The first kappa shape index (κ1) is 22.0. The second kappa shape index (κ2) is 10.3. The maximum atomic E-state index is 13.1. The predicted molar refractivity (Wildman–Crippen MR) is 109 cm³/mol. The first-order valence-corrected chi connectivity index (χ1v) is 10.2. The fourth-order valence-electron chi connectivity index (χ4n) is 3.61. The molecule has 1 aromatic rings. The topological polar surface area (TPSA) is 56.8 Å². The number of methoxy groups -OCH3 is 1. The molecule has 1 aliphatic carbocycles. The van der Waals surface area contributed by atoms with E-state index >= 15 is 0 Å². The molecule has 0 aliphatic heterocycles. The van der Waals surface area contributed by atoms with Crippen molar-refractivity contribution in [3.8, 4) is 5.75 Å². The summed E-state index contributed by atoms with van der Waals surface area (Å²) in [6.07, 6.45) is 4.43. The molecule has 6 heteroatoms. The van der Waals surface area contributed by atoms with Crippen molar-refractivity contribution < 1.29 is 19.0 Å². The quantitative estimate of drug-likeness (QED) is 0.632. The van der Waals surface area contributed by atoms with Crippen LogP contribution >= 0.6 is 11.6 Å². The van der Waals surface area contributed by atoms with Crippen LogP contribution in [0.3, 0.4) is 0 Å². The van der Waals surface area contributed by atoms with Gasteiger partial charge in [0.15, 0.2) is 0 Å². The molecule has 1 aromatic carbocycles. The van der Waals surface area contributed by atoms with E-state index in [1.165, 1.54) is 0 Å². The Bertz CT molecular complexity index is 624. The fraction of sp³-hybridized carbons (Fsp3) is 0.667. The van der Waals surface area contributed by atoms with Crippen molar-refractivity contribution in [3.63, 3.8) is 0 Å². The van der Waals surface area contributed by atoms with E-state index in [-0.39, 0.29) is 12.0 Å². The SMILES string of the molecule is CCCOC1(C(=O)Nc2ccc(OC(C)COC)c(Cl)c2)CCCC(C)C1. The number of hydrogen-bond acceptors (Lipinski definition) is 4. The maximum absolute atomic E-state index is 13.1. The van der Waals surface area contributed by atoms with Gasteiger partial charge in [-0.2, -0.15) is 0 Å². The molecule has 0 aromatic heterocycles. The molecule has 2 rings (SSSR count). The Morgan fingerprint density at radius 3 is 2.85 bits per heavy atom. The number of rotatable bonds is 9. The molecule has 0 spiro atoms. The van der Waals surface area contributed by atoms with Crippen molar-refractivity contribution in [2.45, 2.75) is 64.6 Å². The largest absolute Gasteiger partial charge is 0.487 e. The molecule has 0 saturated heterocycles. The Kier molecular flexibility index (Phi) is 8.39. The highest BCUT2D eigenvalue weighted by molar-refractivity contribution is 6.32. The monoisotopic (exact) mass is 397 g/mol. The highest BCUT2D eigenvalue weighted by Gasteiger charge is 2.42. The highest BCUT2D eigenvalue weighted by atomic mass is 35.5. The summed E-state index contributed by atoms with van der Waals surface area (Å²) in [4.78, 5) is 13.1. The minimum absolute atomic E-state index is 0.0833. The summed E-state index contributed by atoms with van der Waals surface area (Å²) in [5.41, 5.74) is -0.100. The Morgan fingerprint density at radius 1 is 1.44 bits per heavy atom. The molecule has 0 bridgehead atoms. The number of ether oxygens (including phenoxy) is 3. The van der Waals surface area contributed by atoms with Crippen LogP contribution in [0.2, 0.25) is 5.02 Å². The average molecular weight is 398 g/mol. The third-order valence-corrected chi connectivity index (χ3v) is 5.17. The third-order valence-electron chi connectivity index (χ3n) is 4.87. The van der Waals surface area contributed by atoms with Gasteiger partial charge in [-0.25, -0.2) is 0 Å². The smallest absolute Gasteiger partial charge is 0.256 e. The molecule has 152 valence electrons. The summed E-state index contributed by atoms with van der Waals surface area (Å²) in [5, 5.41) is 3.45. The Morgan fingerprint density at radius 2 is 2.22 bits per heavy atom. The molecule has 1 saturated carbocycles. The van der Waals surface area contributed by atoms with Crippen molar-refractivity contribution in [1.29, 1.82) is 0 Å². The van der Waals surface area contributed by atoms with Crippen LogP contribution in [0.25, 0.3) is 0 Å². The number of anilines is 1. The zero-order valence-electron chi connectivity index (χ0n) is 16.8. The molecular formula is C21H32ClNO4. The molecule has 27 heavy (non-hydrogen) atoms. The van der Waals surface area contributed by atoms with Crippen molar-refractivity contribution in [2.24, 2.45) is 5.92 Å². The standard InChI is InChI=1S/C21H32ClNO4/c1-5-11-26-21(10-6-7-15(2)13-21)20(24)23-17-8-9-19(18(22)12-17)27-16(3)14-25-4/h8-9,12,15-16H,5-7,10-11,13-14H2,1-4H3,(H,23,24). The van der Waals surface area contributed by atoms with Gasteiger partial charge in [0.05, 0.1) is 11.6 Å². The summed E-state index contributed by atoms with van der Waals surface area (Å²) in [5.74, 6) is 0.963. The summed E-state index contributed by atoms with van der Waals surface area (Å²) >= 11 is 6.34. The van der Waals surface area contributed by atoms with E-state index in [4.69, 9.17) is 25.8 Å². The Labute approximate surface area is 167 Å². The van der Waals surface area contributed by atoms with Crippen LogP contribution in [0.1, 0.15) is 52.9 Å². The van der Waals surface area contributed by atoms with Gasteiger partial charge in [0.25, 0.3) is 5.91 Å². The lowest BCUT2D eigenvalue weighted by Crippen LogP contribution is -2.48. The van der Waals surface area contributed by atoms with Crippen LogP contribution in [0, 0.1) is 5.92 Å². The van der Waals surface area contributed by atoms with E-state index < -0.39 is 5.60 Å². The lowest BCUT2D eigenvalue weighted by molar-refractivity contribution is -0.148. The second-order valence-corrected chi connectivity index (χ2v) is 7.93. The third kappa shape index (κ3) is 6.09. The number of hydrogen-bond donors (Lipinski definition) is 1. The molecule has 5 nitrogen and oxygen atoms in total. The van der Waals surface area contributed by atoms with Gasteiger partial charge in [0, 0.05) is 19.4 Å². The predicted octanol–water partition coefficient (Wildman–Crippen LogP) is 5.07. The average Bonchev–Trinajstić information content (AvgIpc) is 2.62. The molecule has 1 N–H and O–H groups in total. The van der Waals surface area contributed by atoms with Gasteiger partial charge in [0.2, 0.25) is 0 Å².